The summed E-state index contributed by atoms with van der Waals surface area (Å²) >= 11 is 0. The third-order valence-corrected chi connectivity index (χ3v) is 4.47. The molecule has 0 bridgehead atoms. The second-order valence-electron chi connectivity index (χ2n) is 6.46. The van der Waals surface area contributed by atoms with Gasteiger partial charge in [0.2, 0.25) is 17.6 Å². The van der Waals surface area contributed by atoms with Gasteiger partial charge in [-0.3, -0.25) is 4.79 Å². The molecular formula is C22H17F2N3O3. The summed E-state index contributed by atoms with van der Waals surface area (Å²) in [4.78, 5) is 19.6. The molecule has 4 rings (SSSR count). The number of fused-ring (bicyclic) bond motifs is 1. The van der Waals surface area contributed by atoms with Gasteiger partial charge < -0.3 is 19.8 Å². The Bertz CT molecular complexity index is 1210. The highest BCUT2D eigenvalue weighted by molar-refractivity contribution is 5.97. The molecule has 2 heterocycles. The predicted octanol–water partition coefficient (Wildman–Crippen LogP) is 4.82. The zero-order valence-corrected chi connectivity index (χ0v) is 15.9. The molecule has 0 aliphatic rings. The molecule has 0 atom stereocenters. The van der Waals surface area contributed by atoms with Crippen molar-refractivity contribution >= 4 is 22.5 Å². The fourth-order valence-electron chi connectivity index (χ4n) is 3.10. The normalized spacial score (nSPS) is 10.8. The first-order valence-corrected chi connectivity index (χ1v) is 9.06. The first-order chi connectivity index (χ1) is 14.5. The summed E-state index contributed by atoms with van der Waals surface area (Å²) in [6, 6.07) is 12.3. The largest absolute Gasteiger partial charge is 0.496 e. The topological polar surface area (TPSA) is 76.2 Å². The Morgan fingerprint density at radius 1 is 1.10 bits per heavy atom. The molecule has 0 unspecified atom stereocenters. The lowest BCUT2D eigenvalue weighted by Gasteiger charge is -2.08. The van der Waals surface area contributed by atoms with E-state index in [1.807, 2.05) is 18.2 Å². The van der Waals surface area contributed by atoms with Gasteiger partial charge in [-0.15, -0.1) is 0 Å². The zero-order chi connectivity index (χ0) is 21.1. The highest BCUT2D eigenvalue weighted by Crippen LogP contribution is 2.29. The van der Waals surface area contributed by atoms with Crippen molar-refractivity contribution in [1.82, 2.24) is 9.97 Å². The molecule has 4 aromatic rings. The van der Waals surface area contributed by atoms with Gasteiger partial charge in [-0.05, 0) is 35.9 Å². The third-order valence-electron chi connectivity index (χ3n) is 4.47. The number of hydrogen-bond donors (Lipinski definition) is 2. The number of ether oxygens (including phenoxy) is 2. The average molecular weight is 409 g/mol. The van der Waals surface area contributed by atoms with Crippen LogP contribution < -0.4 is 14.8 Å². The quantitative estimate of drug-likeness (QED) is 0.479. The van der Waals surface area contributed by atoms with Crippen LogP contribution in [0.1, 0.15) is 5.56 Å². The number of aromatic amines is 1. The molecule has 0 spiro atoms. The minimum Gasteiger partial charge on any atom is -0.496 e. The van der Waals surface area contributed by atoms with Gasteiger partial charge in [-0.25, -0.2) is 9.37 Å². The molecule has 0 aliphatic carbocycles. The molecular weight excluding hydrogens is 392 g/mol. The van der Waals surface area contributed by atoms with Crippen molar-refractivity contribution in [2.45, 2.75) is 6.42 Å². The second-order valence-corrected chi connectivity index (χ2v) is 6.46. The molecule has 8 heteroatoms. The van der Waals surface area contributed by atoms with Crippen LogP contribution in [0.15, 0.2) is 60.9 Å². The summed E-state index contributed by atoms with van der Waals surface area (Å²) in [5, 5.41) is 3.60. The number of pyridine rings is 1. The maximum absolute atomic E-state index is 13.7. The van der Waals surface area contributed by atoms with Crippen molar-refractivity contribution in [3.63, 3.8) is 0 Å². The van der Waals surface area contributed by atoms with Crippen LogP contribution in [0.25, 0.3) is 10.9 Å². The lowest BCUT2D eigenvalue weighted by Crippen LogP contribution is -2.14. The lowest BCUT2D eigenvalue weighted by molar-refractivity contribution is -0.115. The van der Waals surface area contributed by atoms with E-state index in [2.05, 4.69) is 15.3 Å². The van der Waals surface area contributed by atoms with Gasteiger partial charge >= 0.3 is 0 Å². The van der Waals surface area contributed by atoms with Crippen LogP contribution in [-0.4, -0.2) is 23.0 Å². The van der Waals surface area contributed by atoms with Crippen molar-refractivity contribution in [2.75, 3.05) is 12.4 Å². The lowest BCUT2D eigenvalue weighted by atomic mass is 10.1. The fraction of sp³-hybridized carbons (Fsp3) is 0.0909. The molecule has 0 saturated heterocycles. The number of amides is 1. The van der Waals surface area contributed by atoms with Crippen LogP contribution in [0, 0.1) is 11.6 Å². The molecule has 0 saturated carbocycles. The highest BCUT2D eigenvalue weighted by atomic mass is 19.2. The van der Waals surface area contributed by atoms with E-state index >= 15 is 0 Å². The number of methoxy groups -OCH3 is 1. The number of anilines is 1. The number of H-pyrrole nitrogens is 1. The Morgan fingerprint density at radius 3 is 2.67 bits per heavy atom. The predicted molar refractivity (Wildman–Crippen MR) is 108 cm³/mol. The number of aromatic nitrogens is 2. The third kappa shape index (κ3) is 3.93. The van der Waals surface area contributed by atoms with Crippen molar-refractivity contribution in [1.29, 1.82) is 0 Å². The smallest absolute Gasteiger partial charge is 0.228 e. The maximum atomic E-state index is 13.7. The van der Waals surface area contributed by atoms with Crippen LogP contribution in [0.4, 0.5) is 14.5 Å². The van der Waals surface area contributed by atoms with Crippen LogP contribution in [0.3, 0.4) is 0 Å². The zero-order valence-electron chi connectivity index (χ0n) is 15.9. The van der Waals surface area contributed by atoms with Crippen molar-refractivity contribution < 1.29 is 23.0 Å². The van der Waals surface area contributed by atoms with Gasteiger partial charge in [0.1, 0.15) is 5.75 Å². The van der Waals surface area contributed by atoms with Crippen LogP contribution in [0.2, 0.25) is 0 Å². The van der Waals surface area contributed by atoms with Gasteiger partial charge in [0, 0.05) is 23.2 Å². The second kappa shape index (κ2) is 8.20. The Kier molecular flexibility index (Phi) is 5.30. The minimum absolute atomic E-state index is 0.0684. The number of nitrogens with zero attached hydrogens (tertiary/aromatic N) is 1. The Morgan fingerprint density at radius 2 is 1.90 bits per heavy atom. The summed E-state index contributed by atoms with van der Waals surface area (Å²) in [6.45, 7) is 0. The Labute approximate surface area is 170 Å². The van der Waals surface area contributed by atoms with Crippen LogP contribution in [-0.2, 0) is 11.2 Å². The average Bonchev–Trinajstić information content (AvgIpc) is 3.15. The first-order valence-electron chi connectivity index (χ1n) is 9.06. The van der Waals surface area contributed by atoms with Gasteiger partial charge in [-0.1, -0.05) is 12.1 Å². The number of rotatable bonds is 6. The van der Waals surface area contributed by atoms with Gasteiger partial charge in [0.05, 0.1) is 25.4 Å². The SMILES string of the molecule is COc1cccc2[nH]cc(CC(=O)Nc3ccc(Oc4cccc(F)c4F)nc3)c12. The van der Waals surface area contributed by atoms with Gasteiger partial charge in [0.15, 0.2) is 11.6 Å². The Hall–Kier alpha value is -3.94. The fourth-order valence-corrected chi connectivity index (χ4v) is 3.10. The summed E-state index contributed by atoms with van der Waals surface area (Å²) in [5.41, 5.74) is 2.12. The molecule has 6 nitrogen and oxygen atoms in total. The first kappa shape index (κ1) is 19.4. The van der Waals surface area contributed by atoms with Crippen molar-refractivity contribution in [3.05, 3.63) is 78.1 Å². The molecule has 1 amide bonds. The van der Waals surface area contributed by atoms with Crippen LogP contribution in [0.5, 0.6) is 17.4 Å². The molecule has 30 heavy (non-hydrogen) atoms. The maximum Gasteiger partial charge on any atom is 0.228 e. The summed E-state index contributed by atoms with van der Waals surface area (Å²) in [6.07, 6.45) is 3.28. The number of carbonyl (C=O) groups is 1. The molecule has 0 fully saturated rings. The molecule has 2 aromatic heterocycles. The van der Waals surface area contributed by atoms with E-state index in [9.17, 15) is 13.6 Å². The van der Waals surface area contributed by atoms with Gasteiger partial charge in [0.25, 0.3) is 0 Å². The van der Waals surface area contributed by atoms with E-state index in [0.29, 0.717) is 11.4 Å². The number of halogens is 2. The summed E-state index contributed by atoms with van der Waals surface area (Å²) in [5.74, 6) is -1.86. The standard InChI is InChI=1S/C22H17F2N3O3/c1-29-17-6-3-5-16-21(17)13(11-25-16)10-19(28)27-14-8-9-20(26-12-14)30-18-7-2-4-15(23)22(18)24/h2-9,11-12,25H,10H2,1H3,(H,27,28). The minimum atomic E-state index is -1.09. The number of nitrogens with one attached hydrogen (secondary N) is 2. The van der Waals surface area contributed by atoms with Crippen LogP contribution >= 0.6 is 0 Å². The monoisotopic (exact) mass is 409 g/mol. The van der Waals surface area contributed by atoms with E-state index in [0.717, 1.165) is 22.5 Å². The number of hydrogen-bond acceptors (Lipinski definition) is 4. The summed E-state index contributed by atoms with van der Waals surface area (Å²) in [7, 11) is 1.58. The molecule has 0 radical (unpaired) electrons. The Balaban J connectivity index is 1.44. The highest BCUT2D eigenvalue weighted by Gasteiger charge is 2.14. The number of benzene rings is 2. The van der Waals surface area contributed by atoms with Crippen molar-refractivity contribution in [3.8, 4) is 17.4 Å². The molecule has 2 aromatic carbocycles. The van der Waals surface area contributed by atoms with E-state index in [1.54, 1.807) is 19.4 Å². The van der Waals surface area contributed by atoms with E-state index in [1.165, 1.54) is 24.4 Å². The summed E-state index contributed by atoms with van der Waals surface area (Å²) < 4.78 is 37.6. The van der Waals surface area contributed by atoms with Crippen molar-refractivity contribution in [2.24, 2.45) is 0 Å². The molecule has 0 aliphatic heterocycles. The van der Waals surface area contributed by atoms with E-state index in [4.69, 9.17) is 9.47 Å². The molecule has 152 valence electrons. The molecule has 2 N–H and O–H groups in total. The van der Waals surface area contributed by atoms with E-state index < -0.39 is 11.6 Å². The number of carbonyl (C=O) groups excluding carboxylic acids is 1. The van der Waals surface area contributed by atoms with E-state index in [-0.39, 0.29) is 24.0 Å². The van der Waals surface area contributed by atoms with Gasteiger partial charge in [-0.2, -0.15) is 4.39 Å².